The average Bonchev–Trinajstić information content (AvgIpc) is 2.84. The van der Waals surface area contributed by atoms with E-state index in [-0.39, 0.29) is 10.6 Å². The Balaban J connectivity index is 1.42. The Hall–Kier alpha value is -3.43. The van der Waals surface area contributed by atoms with Gasteiger partial charge in [0.25, 0.3) is 0 Å². The van der Waals surface area contributed by atoms with Crippen LogP contribution in [0.15, 0.2) is 77.0 Å². The van der Waals surface area contributed by atoms with Crippen molar-refractivity contribution in [2.24, 2.45) is 0 Å². The first-order chi connectivity index (χ1) is 16.1. The first-order valence-corrected chi connectivity index (χ1v) is 11.6. The van der Waals surface area contributed by atoms with Crippen molar-refractivity contribution >= 4 is 51.5 Å². The molecule has 0 spiro atoms. The van der Waals surface area contributed by atoms with Gasteiger partial charge in [0.15, 0.2) is 5.03 Å². The maximum Gasteiger partial charge on any atom is 0.343 e. The Labute approximate surface area is 199 Å². The molecule has 1 aliphatic rings. The SMILES string of the molecule is O=[N+]([O-])c1c(Sc2cccc3cccnc23)ncnc1N1CCN(c2cccc(Cl)c2)CC1. The Morgan fingerprint density at radius 3 is 2.48 bits per heavy atom. The van der Waals surface area contributed by atoms with Gasteiger partial charge in [-0.25, -0.2) is 9.97 Å². The largest absolute Gasteiger partial charge is 0.368 e. The van der Waals surface area contributed by atoms with Gasteiger partial charge in [0.05, 0.1) is 10.4 Å². The van der Waals surface area contributed by atoms with E-state index in [0.29, 0.717) is 42.0 Å². The number of hydrogen-bond acceptors (Lipinski definition) is 8. The standard InChI is InChI=1S/C23H19ClN6O2S/c24-17-6-2-7-18(14-17)28-10-12-29(13-11-28)22-21(30(31)32)23(27-15-26-22)33-19-8-1-4-16-5-3-9-25-20(16)19/h1-9,14-15H,10-13H2. The van der Waals surface area contributed by atoms with Crippen molar-refractivity contribution in [2.45, 2.75) is 9.92 Å². The molecule has 4 aromatic rings. The lowest BCUT2D eigenvalue weighted by atomic mass is 10.2. The number of pyridine rings is 1. The zero-order valence-corrected chi connectivity index (χ0v) is 19.0. The summed E-state index contributed by atoms with van der Waals surface area (Å²) in [5, 5.41) is 14.1. The molecule has 3 heterocycles. The number of nitrogens with zero attached hydrogens (tertiary/aromatic N) is 6. The molecule has 2 aromatic heterocycles. The number of para-hydroxylation sites is 1. The Bertz CT molecular complexity index is 1320. The second-order valence-corrected chi connectivity index (χ2v) is 8.96. The van der Waals surface area contributed by atoms with Gasteiger partial charge in [-0.05, 0) is 30.3 Å². The number of nitro groups is 1. The lowest BCUT2D eigenvalue weighted by Gasteiger charge is -2.36. The highest BCUT2D eigenvalue weighted by molar-refractivity contribution is 7.99. The smallest absolute Gasteiger partial charge is 0.343 e. The van der Waals surface area contributed by atoms with Gasteiger partial charge in [-0.1, -0.05) is 47.6 Å². The van der Waals surface area contributed by atoms with Crippen molar-refractivity contribution in [1.82, 2.24) is 15.0 Å². The molecule has 1 aliphatic heterocycles. The molecule has 0 N–H and O–H groups in total. The number of fused-ring (bicyclic) bond motifs is 1. The second kappa shape index (κ2) is 9.21. The lowest BCUT2D eigenvalue weighted by Crippen LogP contribution is -2.47. The number of aromatic nitrogens is 3. The van der Waals surface area contributed by atoms with Crippen LogP contribution in [0.5, 0.6) is 0 Å². The van der Waals surface area contributed by atoms with Crippen LogP contribution in [0.3, 0.4) is 0 Å². The van der Waals surface area contributed by atoms with E-state index in [1.165, 1.54) is 18.1 Å². The Morgan fingerprint density at radius 2 is 1.70 bits per heavy atom. The van der Waals surface area contributed by atoms with Crippen molar-refractivity contribution < 1.29 is 4.92 Å². The molecule has 0 atom stereocenters. The Morgan fingerprint density at radius 1 is 0.939 bits per heavy atom. The van der Waals surface area contributed by atoms with E-state index in [1.54, 1.807) is 6.20 Å². The monoisotopic (exact) mass is 478 g/mol. The first-order valence-electron chi connectivity index (χ1n) is 10.4. The zero-order chi connectivity index (χ0) is 22.8. The first kappa shape index (κ1) is 21.4. The quantitative estimate of drug-likeness (QED) is 0.223. The number of benzene rings is 2. The minimum atomic E-state index is -0.389. The fourth-order valence-corrected chi connectivity index (χ4v) is 5.10. The summed E-state index contributed by atoms with van der Waals surface area (Å²) in [5.41, 5.74) is 1.75. The maximum absolute atomic E-state index is 12.1. The van der Waals surface area contributed by atoms with Crippen LogP contribution in [-0.2, 0) is 0 Å². The fraction of sp³-hybridized carbons (Fsp3) is 0.174. The van der Waals surface area contributed by atoms with Crippen LogP contribution in [0.4, 0.5) is 17.2 Å². The molecule has 5 rings (SSSR count). The topological polar surface area (TPSA) is 88.3 Å². The number of halogens is 1. The van der Waals surface area contributed by atoms with E-state index in [9.17, 15) is 10.1 Å². The number of anilines is 2. The van der Waals surface area contributed by atoms with Crippen molar-refractivity contribution in [3.8, 4) is 0 Å². The van der Waals surface area contributed by atoms with Crippen LogP contribution >= 0.6 is 23.4 Å². The summed E-state index contributed by atoms with van der Waals surface area (Å²) in [6.45, 7) is 2.61. The molecule has 166 valence electrons. The molecule has 8 nitrogen and oxygen atoms in total. The van der Waals surface area contributed by atoms with Gasteiger partial charge < -0.3 is 9.80 Å². The highest BCUT2D eigenvalue weighted by Crippen LogP contribution is 2.40. The molecule has 1 saturated heterocycles. The number of piperazine rings is 1. The van der Waals surface area contributed by atoms with Crippen LogP contribution in [0.1, 0.15) is 0 Å². The highest BCUT2D eigenvalue weighted by atomic mass is 35.5. The molecule has 1 fully saturated rings. The van der Waals surface area contributed by atoms with E-state index in [4.69, 9.17) is 11.6 Å². The van der Waals surface area contributed by atoms with Crippen LogP contribution in [-0.4, -0.2) is 46.1 Å². The van der Waals surface area contributed by atoms with Crippen molar-refractivity contribution in [1.29, 1.82) is 0 Å². The summed E-state index contributed by atoms with van der Waals surface area (Å²) >= 11 is 7.37. The van der Waals surface area contributed by atoms with Crippen LogP contribution in [0.25, 0.3) is 10.9 Å². The molecule has 10 heteroatoms. The third kappa shape index (κ3) is 4.42. The molecule has 0 amide bonds. The zero-order valence-electron chi connectivity index (χ0n) is 17.5. The van der Waals surface area contributed by atoms with Gasteiger partial charge in [0.1, 0.15) is 6.33 Å². The summed E-state index contributed by atoms with van der Waals surface area (Å²) in [7, 11) is 0. The highest BCUT2D eigenvalue weighted by Gasteiger charge is 2.30. The maximum atomic E-state index is 12.1. The van der Waals surface area contributed by atoms with Gasteiger partial charge in [0, 0.05) is 53.4 Å². The summed E-state index contributed by atoms with van der Waals surface area (Å²) in [6.07, 6.45) is 3.11. The van der Waals surface area contributed by atoms with Gasteiger partial charge in [-0.3, -0.25) is 15.1 Å². The molecule has 2 aromatic carbocycles. The second-order valence-electron chi connectivity index (χ2n) is 7.50. The van der Waals surface area contributed by atoms with Gasteiger partial charge >= 0.3 is 5.69 Å². The number of hydrogen-bond donors (Lipinski definition) is 0. The van der Waals surface area contributed by atoms with Gasteiger partial charge in [-0.15, -0.1) is 0 Å². The lowest BCUT2D eigenvalue weighted by molar-refractivity contribution is -0.387. The van der Waals surface area contributed by atoms with Gasteiger partial charge in [-0.2, -0.15) is 0 Å². The van der Waals surface area contributed by atoms with Gasteiger partial charge in [0.2, 0.25) is 5.82 Å². The third-order valence-electron chi connectivity index (χ3n) is 5.51. The van der Waals surface area contributed by atoms with Crippen LogP contribution < -0.4 is 9.80 Å². The molecular formula is C23H19ClN6O2S. The molecular weight excluding hydrogens is 460 g/mol. The minimum absolute atomic E-state index is 0.0772. The van der Waals surface area contributed by atoms with Crippen molar-refractivity contribution in [3.05, 3.63) is 82.3 Å². The molecule has 0 aliphatic carbocycles. The van der Waals surface area contributed by atoms with Crippen LogP contribution in [0, 0.1) is 10.1 Å². The third-order valence-corrected chi connectivity index (χ3v) is 6.78. The van der Waals surface area contributed by atoms with E-state index in [0.717, 1.165) is 21.5 Å². The summed E-state index contributed by atoms with van der Waals surface area (Å²) in [5.74, 6) is 0.344. The predicted molar refractivity (Wildman–Crippen MR) is 130 cm³/mol. The van der Waals surface area contributed by atoms with Crippen molar-refractivity contribution in [2.75, 3.05) is 36.0 Å². The van der Waals surface area contributed by atoms with E-state index < -0.39 is 0 Å². The average molecular weight is 479 g/mol. The van der Waals surface area contributed by atoms with E-state index >= 15 is 0 Å². The fourth-order valence-electron chi connectivity index (χ4n) is 3.93. The summed E-state index contributed by atoms with van der Waals surface area (Å²) in [4.78, 5) is 29.7. The van der Waals surface area contributed by atoms with E-state index in [1.807, 2.05) is 59.5 Å². The molecule has 0 unspecified atom stereocenters. The summed E-state index contributed by atoms with van der Waals surface area (Å²) in [6, 6.07) is 17.3. The van der Waals surface area contributed by atoms with E-state index in [2.05, 4.69) is 19.9 Å². The normalized spacial score (nSPS) is 14.0. The molecule has 0 bridgehead atoms. The predicted octanol–water partition coefficient (Wildman–Crippen LogP) is 5.06. The summed E-state index contributed by atoms with van der Waals surface area (Å²) < 4.78 is 0. The number of rotatable bonds is 5. The molecule has 0 saturated carbocycles. The Kier molecular flexibility index (Phi) is 5.97. The van der Waals surface area contributed by atoms with Crippen molar-refractivity contribution in [3.63, 3.8) is 0 Å². The minimum Gasteiger partial charge on any atom is -0.368 e. The molecule has 0 radical (unpaired) electrons. The molecule has 33 heavy (non-hydrogen) atoms. The van der Waals surface area contributed by atoms with Crippen LogP contribution in [0.2, 0.25) is 5.02 Å².